The number of rotatable bonds is 3. The van der Waals surface area contributed by atoms with Gasteiger partial charge in [-0.05, 0) is 48.0 Å². The molecule has 0 radical (unpaired) electrons. The standard InChI is InChI=1S/C20H16N4O2/c1-26-16-7-4-13(5-8-16)20(25)24-18-9-6-14(11-17(18)19(21)23-24)15-3-2-10-22-12-15/h2-12H,1H3,(H2,21,23). The van der Waals surface area contributed by atoms with Crippen molar-refractivity contribution in [2.24, 2.45) is 0 Å². The van der Waals surface area contributed by atoms with Crippen molar-refractivity contribution in [2.75, 3.05) is 12.8 Å². The van der Waals surface area contributed by atoms with Crippen molar-refractivity contribution in [3.05, 3.63) is 72.6 Å². The maximum Gasteiger partial charge on any atom is 0.278 e. The van der Waals surface area contributed by atoms with Crippen molar-refractivity contribution < 1.29 is 9.53 Å². The molecule has 2 heterocycles. The van der Waals surface area contributed by atoms with Gasteiger partial charge in [0.1, 0.15) is 5.75 Å². The van der Waals surface area contributed by atoms with E-state index in [1.807, 2.05) is 30.3 Å². The van der Waals surface area contributed by atoms with Crippen molar-refractivity contribution in [3.63, 3.8) is 0 Å². The minimum Gasteiger partial charge on any atom is -0.497 e. The molecule has 26 heavy (non-hydrogen) atoms. The van der Waals surface area contributed by atoms with E-state index in [2.05, 4.69) is 10.1 Å². The van der Waals surface area contributed by atoms with Crippen LogP contribution in [-0.4, -0.2) is 27.8 Å². The number of anilines is 1. The van der Waals surface area contributed by atoms with Crippen LogP contribution in [0.15, 0.2) is 67.0 Å². The molecule has 0 atom stereocenters. The van der Waals surface area contributed by atoms with Crippen LogP contribution in [-0.2, 0) is 0 Å². The van der Waals surface area contributed by atoms with Gasteiger partial charge in [0.05, 0.1) is 12.6 Å². The van der Waals surface area contributed by atoms with E-state index < -0.39 is 0 Å². The Labute approximate surface area is 149 Å². The smallest absolute Gasteiger partial charge is 0.278 e. The number of nitrogen functional groups attached to an aromatic ring is 1. The highest BCUT2D eigenvalue weighted by Crippen LogP contribution is 2.28. The molecule has 0 aliphatic rings. The Morgan fingerprint density at radius 2 is 1.88 bits per heavy atom. The Kier molecular flexibility index (Phi) is 3.85. The van der Waals surface area contributed by atoms with E-state index in [9.17, 15) is 4.79 Å². The zero-order valence-corrected chi connectivity index (χ0v) is 14.1. The number of pyridine rings is 1. The van der Waals surface area contributed by atoms with Crippen LogP contribution in [0.3, 0.4) is 0 Å². The van der Waals surface area contributed by atoms with Crippen molar-refractivity contribution in [3.8, 4) is 16.9 Å². The first kappa shape index (κ1) is 15.8. The SMILES string of the molecule is COc1ccc(C(=O)n2nc(N)c3cc(-c4cccnc4)ccc32)cc1. The number of hydrogen-bond acceptors (Lipinski definition) is 5. The van der Waals surface area contributed by atoms with Gasteiger partial charge < -0.3 is 10.5 Å². The van der Waals surface area contributed by atoms with E-state index in [1.165, 1.54) is 4.68 Å². The van der Waals surface area contributed by atoms with Gasteiger partial charge in [0.25, 0.3) is 5.91 Å². The van der Waals surface area contributed by atoms with Crippen LogP contribution in [0.25, 0.3) is 22.0 Å². The molecule has 6 nitrogen and oxygen atoms in total. The highest BCUT2D eigenvalue weighted by molar-refractivity contribution is 6.04. The van der Waals surface area contributed by atoms with Gasteiger partial charge in [-0.1, -0.05) is 12.1 Å². The van der Waals surface area contributed by atoms with Gasteiger partial charge >= 0.3 is 0 Å². The van der Waals surface area contributed by atoms with E-state index in [4.69, 9.17) is 10.5 Å². The topological polar surface area (TPSA) is 83.0 Å². The number of aromatic nitrogens is 3. The third-order valence-corrected chi connectivity index (χ3v) is 4.23. The number of nitrogens with two attached hydrogens (primary N) is 1. The van der Waals surface area contributed by atoms with Gasteiger partial charge in [0.2, 0.25) is 0 Å². The quantitative estimate of drug-likeness (QED) is 0.616. The Hall–Kier alpha value is -3.67. The van der Waals surface area contributed by atoms with Crippen molar-refractivity contribution in [1.29, 1.82) is 0 Å². The van der Waals surface area contributed by atoms with E-state index >= 15 is 0 Å². The molecule has 128 valence electrons. The lowest BCUT2D eigenvalue weighted by atomic mass is 10.1. The molecule has 0 spiro atoms. The molecule has 2 N–H and O–H groups in total. The van der Waals surface area contributed by atoms with Gasteiger partial charge in [-0.25, -0.2) is 0 Å². The third-order valence-electron chi connectivity index (χ3n) is 4.23. The zero-order valence-electron chi connectivity index (χ0n) is 14.1. The van der Waals surface area contributed by atoms with Crippen LogP contribution >= 0.6 is 0 Å². The fraction of sp³-hybridized carbons (Fsp3) is 0.0500. The maximum absolute atomic E-state index is 12.8. The second kappa shape index (κ2) is 6.33. The Morgan fingerprint density at radius 3 is 2.58 bits per heavy atom. The molecule has 4 aromatic rings. The molecule has 6 heteroatoms. The fourth-order valence-electron chi connectivity index (χ4n) is 2.87. The summed E-state index contributed by atoms with van der Waals surface area (Å²) >= 11 is 0. The molecule has 4 rings (SSSR count). The minimum atomic E-state index is -0.247. The molecule has 0 aliphatic heterocycles. The lowest BCUT2D eigenvalue weighted by Gasteiger charge is -2.05. The maximum atomic E-state index is 12.8. The summed E-state index contributed by atoms with van der Waals surface area (Å²) in [6.45, 7) is 0. The number of nitrogens with zero attached hydrogens (tertiary/aromatic N) is 3. The van der Waals surface area contributed by atoms with Gasteiger partial charge in [0.15, 0.2) is 5.82 Å². The van der Waals surface area contributed by atoms with Crippen LogP contribution in [0.5, 0.6) is 5.75 Å². The van der Waals surface area contributed by atoms with Crippen LogP contribution in [0.2, 0.25) is 0 Å². The first-order valence-corrected chi connectivity index (χ1v) is 8.05. The molecule has 0 unspecified atom stereocenters. The summed E-state index contributed by atoms with van der Waals surface area (Å²) in [5.74, 6) is 0.753. The number of fused-ring (bicyclic) bond motifs is 1. The molecular formula is C20H16N4O2. The Morgan fingerprint density at radius 1 is 1.08 bits per heavy atom. The molecule has 0 aliphatic carbocycles. The molecule has 0 saturated carbocycles. The van der Waals surface area contributed by atoms with Crippen LogP contribution in [0.1, 0.15) is 10.4 Å². The van der Waals surface area contributed by atoms with Crippen molar-refractivity contribution in [1.82, 2.24) is 14.8 Å². The first-order valence-electron chi connectivity index (χ1n) is 8.05. The average molecular weight is 344 g/mol. The molecule has 2 aromatic heterocycles. The number of benzene rings is 2. The molecule has 0 saturated heterocycles. The summed E-state index contributed by atoms with van der Waals surface area (Å²) in [6.07, 6.45) is 3.51. The lowest BCUT2D eigenvalue weighted by Crippen LogP contribution is -2.13. The van der Waals surface area contributed by atoms with E-state index in [-0.39, 0.29) is 5.91 Å². The molecule has 0 fully saturated rings. The van der Waals surface area contributed by atoms with E-state index in [0.29, 0.717) is 22.6 Å². The number of carbonyl (C=O) groups is 1. The third kappa shape index (κ3) is 2.67. The van der Waals surface area contributed by atoms with Gasteiger partial charge in [0, 0.05) is 28.9 Å². The van der Waals surface area contributed by atoms with Crippen LogP contribution in [0, 0.1) is 0 Å². The monoisotopic (exact) mass is 344 g/mol. The highest BCUT2D eigenvalue weighted by atomic mass is 16.5. The second-order valence-corrected chi connectivity index (χ2v) is 5.80. The highest BCUT2D eigenvalue weighted by Gasteiger charge is 2.16. The molecule has 2 aromatic carbocycles. The summed E-state index contributed by atoms with van der Waals surface area (Å²) in [5, 5.41) is 4.97. The lowest BCUT2D eigenvalue weighted by molar-refractivity contribution is 0.0951. The first-order chi connectivity index (χ1) is 12.7. The summed E-state index contributed by atoms with van der Waals surface area (Å²) in [6, 6.07) is 16.4. The number of hydrogen-bond donors (Lipinski definition) is 1. The predicted octanol–water partition coefficient (Wildman–Crippen LogP) is 3.38. The minimum absolute atomic E-state index is 0.247. The van der Waals surface area contributed by atoms with E-state index in [1.54, 1.807) is 43.8 Å². The van der Waals surface area contributed by atoms with Gasteiger partial charge in [-0.3, -0.25) is 9.78 Å². The van der Waals surface area contributed by atoms with Crippen molar-refractivity contribution in [2.45, 2.75) is 0 Å². The zero-order chi connectivity index (χ0) is 18.1. The Bertz CT molecular complexity index is 1090. The van der Waals surface area contributed by atoms with E-state index in [0.717, 1.165) is 16.5 Å². The van der Waals surface area contributed by atoms with Crippen LogP contribution < -0.4 is 10.5 Å². The molecule has 0 amide bonds. The van der Waals surface area contributed by atoms with Crippen LogP contribution in [0.4, 0.5) is 5.82 Å². The van der Waals surface area contributed by atoms with Crippen molar-refractivity contribution >= 4 is 22.6 Å². The molecule has 0 bridgehead atoms. The fourth-order valence-corrected chi connectivity index (χ4v) is 2.87. The summed E-state index contributed by atoms with van der Waals surface area (Å²) in [7, 11) is 1.58. The number of methoxy groups -OCH3 is 1. The Balaban J connectivity index is 1.77. The van der Waals surface area contributed by atoms with Gasteiger partial charge in [-0.2, -0.15) is 4.68 Å². The summed E-state index contributed by atoms with van der Waals surface area (Å²) in [5.41, 5.74) is 9.18. The predicted molar refractivity (Wildman–Crippen MR) is 100 cm³/mol. The summed E-state index contributed by atoms with van der Waals surface area (Å²) in [4.78, 5) is 17.0. The number of carbonyl (C=O) groups excluding carboxylic acids is 1. The second-order valence-electron chi connectivity index (χ2n) is 5.80. The average Bonchev–Trinajstić information content (AvgIpc) is 3.04. The summed E-state index contributed by atoms with van der Waals surface area (Å²) < 4.78 is 6.46. The normalized spacial score (nSPS) is 10.8. The molecular weight excluding hydrogens is 328 g/mol. The van der Waals surface area contributed by atoms with Gasteiger partial charge in [-0.15, -0.1) is 5.10 Å². The number of ether oxygens (including phenoxy) is 1. The largest absolute Gasteiger partial charge is 0.497 e.